The molecule has 1 atom stereocenters. The van der Waals surface area contributed by atoms with Crippen molar-refractivity contribution in [1.82, 2.24) is 25.0 Å². The minimum Gasteiger partial charge on any atom is -0.388 e. The van der Waals surface area contributed by atoms with Crippen LogP contribution in [-0.2, 0) is 0 Å². The van der Waals surface area contributed by atoms with Crippen LogP contribution in [0.1, 0.15) is 13.3 Å². The molecule has 8 nitrogen and oxygen atoms in total. The van der Waals surface area contributed by atoms with E-state index in [1.54, 1.807) is 16.9 Å². The van der Waals surface area contributed by atoms with Crippen LogP contribution in [-0.4, -0.2) is 43.9 Å². The molecule has 3 N–H and O–H groups in total. The van der Waals surface area contributed by atoms with Crippen LogP contribution in [0.25, 0.3) is 5.65 Å². The Kier molecular flexibility index (Phi) is 2.86. The van der Waals surface area contributed by atoms with Gasteiger partial charge in [0.25, 0.3) is 0 Å². The number of amidine groups is 1. The van der Waals surface area contributed by atoms with E-state index in [9.17, 15) is 0 Å². The van der Waals surface area contributed by atoms with Gasteiger partial charge in [-0.1, -0.05) is 0 Å². The smallest absolute Gasteiger partial charge is 0.199 e. The molecule has 0 bridgehead atoms. The lowest BCUT2D eigenvalue weighted by molar-refractivity contribution is 0.678. The maximum absolute atomic E-state index is 7.30. The molecule has 1 unspecified atom stereocenters. The first kappa shape index (κ1) is 11.2. The molecule has 2 heterocycles. The molecule has 0 amide bonds. The Balaban J connectivity index is 2.32. The van der Waals surface area contributed by atoms with Crippen LogP contribution in [0, 0.1) is 5.41 Å². The summed E-state index contributed by atoms with van der Waals surface area (Å²) in [6, 6.07) is 0.0732. The Morgan fingerprint density at radius 1 is 1.59 bits per heavy atom. The van der Waals surface area contributed by atoms with E-state index in [1.807, 2.05) is 18.9 Å². The molecular weight excluding hydrogens is 220 g/mol. The molecule has 2 aromatic rings. The van der Waals surface area contributed by atoms with Crippen LogP contribution in [0.15, 0.2) is 12.4 Å². The molecule has 2 aromatic heterocycles. The Bertz CT molecular complexity index is 533. The van der Waals surface area contributed by atoms with E-state index in [0.717, 1.165) is 5.82 Å². The molecule has 0 aromatic carbocycles. The molecular formula is C9H14N8. The van der Waals surface area contributed by atoms with Crippen molar-refractivity contribution in [3.63, 3.8) is 0 Å². The number of hydrogen-bond donors (Lipinski definition) is 2. The van der Waals surface area contributed by atoms with E-state index in [2.05, 4.69) is 20.5 Å². The largest absolute Gasteiger partial charge is 0.388 e. The maximum Gasteiger partial charge on any atom is 0.199 e. The Morgan fingerprint density at radius 3 is 3.06 bits per heavy atom. The number of aromatic nitrogens is 5. The highest BCUT2D eigenvalue weighted by molar-refractivity contribution is 5.77. The predicted octanol–water partition coefficient (Wildman–Crippen LogP) is -0.330. The lowest BCUT2D eigenvalue weighted by Gasteiger charge is -2.25. The van der Waals surface area contributed by atoms with E-state index in [0.29, 0.717) is 12.1 Å². The molecule has 0 spiro atoms. The van der Waals surface area contributed by atoms with Gasteiger partial charge < -0.3 is 10.6 Å². The fourth-order valence-electron chi connectivity index (χ4n) is 1.58. The first-order chi connectivity index (χ1) is 8.09. The van der Waals surface area contributed by atoms with Crippen LogP contribution in [0.5, 0.6) is 0 Å². The van der Waals surface area contributed by atoms with Gasteiger partial charge in [-0.05, 0) is 17.4 Å². The molecule has 0 fully saturated rings. The lowest BCUT2D eigenvalue weighted by atomic mass is 10.2. The number of rotatable bonds is 4. The van der Waals surface area contributed by atoms with Crippen molar-refractivity contribution in [3.05, 3.63) is 12.4 Å². The number of nitrogens with one attached hydrogen (secondary N) is 1. The molecule has 0 aliphatic rings. The van der Waals surface area contributed by atoms with Crippen molar-refractivity contribution in [1.29, 1.82) is 5.41 Å². The summed E-state index contributed by atoms with van der Waals surface area (Å²) in [5.74, 6) is 0.919. The van der Waals surface area contributed by atoms with E-state index in [-0.39, 0.29) is 11.9 Å². The average Bonchev–Trinajstić information content (AvgIpc) is 2.74. The second-order valence-electron chi connectivity index (χ2n) is 3.90. The number of nitrogens with two attached hydrogens (primary N) is 1. The second-order valence-corrected chi connectivity index (χ2v) is 3.90. The van der Waals surface area contributed by atoms with Crippen LogP contribution in [0.4, 0.5) is 5.82 Å². The third-order valence-corrected chi connectivity index (χ3v) is 2.63. The molecule has 0 aliphatic carbocycles. The SMILES string of the molecule is CC(CC(=N)N)N(C)c1cncc2nnnn12. The number of anilines is 1. The normalized spacial score (nSPS) is 12.6. The quantitative estimate of drug-likeness (QED) is 0.553. The van der Waals surface area contributed by atoms with Crippen LogP contribution >= 0.6 is 0 Å². The molecule has 17 heavy (non-hydrogen) atoms. The fraction of sp³-hybridized carbons (Fsp3) is 0.444. The van der Waals surface area contributed by atoms with Gasteiger partial charge in [0.1, 0.15) is 0 Å². The van der Waals surface area contributed by atoms with Gasteiger partial charge in [-0.15, -0.1) is 5.10 Å². The van der Waals surface area contributed by atoms with E-state index < -0.39 is 0 Å². The summed E-state index contributed by atoms with van der Waals surface area (Å²) in [5, 5.41) is 18.6. The van der Waals surface area contributed by atoms with Crippen LogP contribution in [0.2, 0.25) is 0 Å². The molecule has 0 aliphatic heterocycles. The van der Waals surface area contributed by atoms with Gasteiger partial charge in [0.2, 0.25) is 0 Å². The van der Waals surface area contributed by atoms with E-state index in [1.165, 1.54) is 0 Å². The zero-order valence-electron chi connectivity index (χ0n) is 9.70. The highest BCUT2D eigenvalue weighted by Gasteiger charge is 2.15. The summed E-state index contributed by atoms with van der Waals surface area (Å²) in [7, 11) is 1.89. The topological polar surface area (TPSA) is 109 Å². The first-order valence-electron chi connectivity index (χ1n) is 5.17. The summed E-state index contributed by atoms with van der Waals surface area (Å²) in [5.41, 5.74) is 5.98. The third-order valence-electron chi connectivity index (χ3n) is 2.63. The van der Waals surface area contributed by atoms with Crippen molar-refractivity contribution >= 4 is 17.3 Å². The monoisotopic (exact) mass is 234 g/mol. The minimum atomic E-state index is 0.0732. The van der Waals surface area contributed by atoms with Crippen molar-refractivity contribution < 1.29 is 0 Å². The second kappa shape index (κ2) is 4.32. The number of nitrogens with zero attached hydrogens (tertiary/aromatic N) is 6. The van der Waals surface area contributed by atoms with Gasteiger partial charge in [-0.2, -0.15) is 4.52 Å². The summed E-state index contributed by atoms with van der Waals surface area (Å²) < 4.78 is 1.60. The average molecular weight is 234 g/mol. The molecule has 90 valence electrons. The standard InChI is InChI=1S/C9H14N8/c1-6(3-7(10)11)16(2)9-5-12-4-8-13-14-15-17(8)9/h4-6H,3H2,1-2H3,(H3,10,11). The van der Waals surface area contributed by atoms with Gasteiger partial charge in [-0.25, -0.2) is 0 Å². The summed E-state index contributed by atoms with van der Waals surface area (Å²) in [6.07, 6.45) is 3.75. The summed E-state index contributed by atoms with van der Waals surface area (Å²) in [6.45, 7) is 1.98. The molecule has 8 heteroatoms. The van der Waals surface area contributed by atoms with Crippen LogP contribution < -0.4 is 10.6 Å². The number of tetrazole rings is 1. The maximum atomic E-state index is 7.30. The number of hydrogen-bond acceptors (Lipinski definition) is 6. The van der Waals surface area contributed by atoms with Gasteiger partial charge >= 0.3 is 0 Å². The lowest BCUT2D eigenvalue weighted by Crippen LogP contribution is -2.34. The number of fused-ring (bicyclic) bond motifs is 1. The van der Waals surface area contributed by atoms with Gasteiger partial charge in [0.15, 0.2) is 11.5 Å². The molecule has 2 rings (SSSR count). The van der Waals surface area contributed by atoms with Crippen molar-refractivity contribution in [2.75, 3.05) is 11.9 Å². The summed E-state index contributed by atoms with van der Waals surface area (Å²) in [4.78, 5) is 6.02. The fourth-order valence-corrected chi connectivity index (χ4v) is 1.58. The third kappa shape index (κ3) is 2.14. The zero-order chi connectivity index (χ0) is 12.4. The Labute approximate surface area is 97.9 Å². The highest BCUT2D eigenvalue weighted by atomic mass is 15.5. The molecule has 0 radical (unpaired) electrons. The minimum absolute atomic E-state index is 0.0732. The molecule has 0 saturated carbocycles. The van der Waals surface area contributed by atoms with Crippen molar-refractivity contribution in [2.45, 2.75) is 19.4 Å². The van der Waals surface area contributed by atoms with E-state index >= 15 is 0 Å². The van der Waals surface area contributed by atoms with E-state index in [4.69, 9.17) is 11.1 Å². The predicted molar refractivity (Wildman–Crippen MR) is 63.0 cm³/mol. The summed E-state index contributed by atoms with van der Waals surface area (Å²) >= 11 is 0. The Hall–Kier alpha value is -2.25. The highest BCUT2D eigenvalue weighted by Crippen LogP contribution is 2.15. The Morgan fingerprint density at radius 2 is 2.35 bits per heavy atom. The van der Waals surface area contributed by atoms with Crippen molar-refractivity contribution in [2.24, 2.45) is 5.73 Å². The van der Waals surface area contributed by atoms with Gasteiger partial charge in [0.05, 0.1) is 18.2 Å². The zero-order valence-corrected chi connectivity index (χ0v) is 9.70. The van der Waals surface area contributed by atoms with Crippen LogP contribution in [0.3, 0.4) is 0 Å². The van der Waals surface area contributed by atoms with Crippen molar-refractivity contribution in [3.8, 4) is 0 Å². The van der Waals surface area contributed by atoms with Gasteiger partial charge in [-0.3, -0.25) is 10.4 Å². The van der Waals surface area contributed by atoms with Gasteiger partial charge in [0, 0.05) is 19.5 Å². The first-order valence-corrected chi connectivity index (χ1v) is 5.17. The molecule has 0 saturated heterocycles.